The second-order valence-electron chi connectivity index (χ2n) is 5.40. The van der Waals surface area contributed by atoms with Gasteiger partial charge in [-0.05, 0) is 31.9 Å². The number of amides is 1. The lowest BCUT2D eigenvalue weighted by Crippen LogP contribution is -2.36. The van der Waals surface area contributed by atoms with Gasteiger partial charge in [0.15, 0.2) is 0 Å². The van der Waals surface area contributed by atoms with E-state index in [1.54, 1.807) is 4.90 Å². The summed E-state index contributed by atoms with van der Waals surface area (Å²) in [5.41, 5.74) is 7.54. The molecule has 120 valence electrons. The van der Waals surface area contributed by atoms with Gasteiger partial charge in [0.25, 0.3) is 0 Å². The average Bonchev–Trinajstić information content (AvgIpc) is 2.44. The predicted octanol–water partition coefficient (Wildman–Crippen LogP) is 2.28. The number of rotatable bonds is 7. The highest BCUT2D eigenvalue weighted by Crippen LogP contribution is 2.16. The number of aryl methyl sites for hydroxylation is 1. The van der Waals surface area contributed by atoms with E-state index in [9.17, 15) is 9.90 Å². The minimum absolute atomic E-state index is 0. The molecule has 0 aliphatic heterocycles. The van der Waals surface area contributed by atoms with Gasteiger partial charge in [0.1, 0.15) is 0 Å². The van der Waals surface area contributed by atoms with Crippen LogP contribution in [0.2, 0.25) is 0 Å². The van der Waals surface area contributed by atoms with E-state index in [2.05, 4.69) is 0 Å². The molecule has 0 aromatic heterocycles. The molecule has 1 aromatic rings. The number of carbonyl (C=O) groups excluding carboxylic acids is 1. The second kappa shape index (κ2) is 9.77. The van der Waals surface area contributed by atoms with Crippen molar-refractivity contribution >= 4 is 18.3 Å². The molecule has 1 aromatic carbocycles. The SMILES string of the molecule is CCN(CC(O)c1ccc(C)cc1)C(=O)CC(C)CN.Cl. The van der Waals surface area contributed by atoms with Crippen LogP contribution in [0.3, 0.4) is 0 Å². The molecule has 0 aliphatic carbocycles. The van der Waals surface area contributed by atoms with Gasteiger partial charge in [-0.25, -0.2) is 0 Å². The Labute approximate surface area is 133 Å². The Morgan fingerprint density at radius 2 is 1.90 bits per heavy atom. The van der Waals surface area contributed by atoms with Crippen molar-refractivity contribution in [3.8, 4) is 0 Å². The summed E-state index contributed by atoms with van der Waals surface area (Å²) in [4.78, 5) is 13.8. The summed E-state index contributed by atoms with van der Waals surface area (Å²) in [7, 11) is 0. The number of carbonyl (C=O) groups is 1. The van der Waals surface area contributed by atoms with Crippen LogP contribution >= 0.6 is 12.4 Å². The van der Waals surface area contributed by atoms with Crippen LogP contribution < -0.4 is 5.73 Å². The van der Waals surface area contributed by atoms with Gasteiger partial charge in [-0.2, -0.15) is 0 Å². The molecule has 2 atom stereocenters. The molecular weight excluding hydrogens is 288 g/mol. The summed E-state index contributed by atoms with van der Waals surface area (Å²) < 4.78 is 0. The Morgan fingerprint density at radius 1 is 1.33 bits per heavy atom. The highest BCUT2D eigenvalue weighted by atomic mass is 35.5. The first kappa shape index (κ1) is 19.9. The molecular formula is C16H27ClN2O2. The highest BCUT2D eigenvalue weighted by Gasteiger charge is 2.18. The fourth-order valence-electron chi connectivity index (χ4n) is 2.02. The number of hydrogen-bond donors (Lipinski definition) is 2. The highest BCUT2D eigenvalue weighted by molar-refractivity contribution is 5.85. The van der Waals surface area contributed by atoms with Crippen LogP contribution in [0.4, 0.5) is 0 Å². The van der Waals surface area contributed by atoms with Crippen LogP contribution in [0.5, 0.6) is 0 Å². The summed E-state index contributed by atoms with van der Waals surface area (Å²) >= 11 is 0. The minimum atomic E-state index is -0.646. The summed E-state index contributed by atoms with van der Waals surface area (Å²) in [5.74, 6) is 0.227. The molecule has 0 saturated heterocycles. The van der Waals surface area contributed by atoms with E-state index >= 15 is 0 Å². The second-order valence-corrected chi connectivity index (χ2v) is 5.40. The van der Waals surface area contributed by atoms with Crippen LogP contribution in [-0.2, 0) is 4.79 Å². The Morgan fingerprint density at radius 3 is 2.38 bits per heavy atom. The van der Waals surface area contributed by atoms with Crippen molar-refractivity contribution in [2.75, 3.05) is 19.6 Å². The molecule has 0 saturated carbocycles. The minimum Gasteiger partial charge on any atom is -0.387 e. The third-order valence-corrected chi connectivity index (χ3v) is 3.52. The number of nitrogens with zero attached hydrogens (tertiary/aromatic N) is 1. The number of nitrogens with two attached hydrogens (primary N) is 1. The van der Waals surface area contributed by atoms with Crippen molar-refractivity contribution in [1.29, 1.82) is 0 Å². The van der Waals surface area contributed by atoms with E-state index in [0.717, 1.165) is 11.1 Å². The van der Waals surface area contributed by atoms with Crippen molar-refractivity contribution in [2.24, 2.45) is 11.7 Å². The van der Waals surface area contributed by atoms with Gasteiger partial charge in [-0.1, -0.05) is 36.8 Å². The zero-order valence-corrected chi connectivity index (χ0v) is 13.9. The standard InChI is InChI=1S/C16H26N2O2.ClH/c1-4-18(16(20)9-13(3)10-17)11-15(19)14-7-5-12(2)6-8-14;/h5-8,13,15,19H,4,9-11,17H2,1-3H3;1H. The van der Waals surface area contributed by atoms with Gasteiger partial charge in [-0.15, -0.1) is 12.4 Å². The van der Waals surface area contributed by atoms with Crippen LogP contribution in [0.1, 0.15) is 37.5 Å². The number of aliphatic hydroxyl groups excluding tert-OH is 1. The Balaban J connectivity index is 0.00000400. The number of benzene rings is 1. The molecule has 0 bridgehead atoms. The molecule has 1 amide bonds. The molecule has 0 spiro atoms. The van der Waals surface area contributed by atoms with Crippen LogP contribution in [0.15, 0.2) is 24.3 Å². The Kier molecular flexibility index (Phi) is 9.26. The average molecular weight is 315 g/mol. The molecule has 2 unspecified atom stereocenters. The van der Waals surface area contributed by atoms with Crippen molar-refractivity contribution in [2.45, 2.75) is 33.3 Å². The third-order valence-electron chi connectivity index (χ3n) is 3.52. The topological polar surface area (TPSA) is 66.6 Å². The number of hydrogen-bond acceptors (Lipinski definition) is 3. The first-order valence-electron chi connectivity index (χ1n) is 7.20. The van der Waals surface area contributed by atoms with Crippen LogP contribution in [0.25, 0.3) is 0 Å². The monoisotopic (exact) mass is 314 g/mol. The lowest BCUT2D eigenvalue weighted by molar-refractivity contribution is -0.133. The number of halogens is 1. The lowest BCUT2D eigenvalue weighted by Gasteiger charge is -2.25. The quantitative estimate of drug-likeness (QED) is 0.811. The number of likely N-dealkylation sites (N-methyl/N-ethyl adjacent to an activating group) is 1. The van der Waals surface area contributed by atoms with Crippen molar-refractivity contribution in [3.63, 3.8) is 0 Å². The summed E-state index contributed by atoms with van der Waals surface area (Å²) in [6.45, 7) is 7.32. The van der Waals surface area contributed by atoms with E-state index in [1.807, 2.05) is 45.0 Å². The Hall–Kier alpha value is -1.10. The van der Waals surface area contributed by atoms with E-state index in [0.29, 0.717) is 26.1 Å². The van der Waals surface area contributed by atoms with Crippen molar-refractivity contribution in [3.05, 3.63) is 35.4 Å². The van der Waals surface area contributed by atoms with Crippen molar-refractivity contribution in [1.82, 2.24) is 4.90 Å². The van der Waals surface area contributed by atoms with Gasteiger partial charge in [0.05, 0.1) is 12.6 Å². The molecule has 4 nitrogen and oxygen atoms in total. The normalized spacial score (nSPS) is 13.2. The largest absolute Gasteiger partial charge is 0.387 e. The zero-order chi connectivity index (χ0) is 15.1. The van der Waals surface area contributed by atoms with Gasteiger partial charge >= 0.3 is 0 Å². The molecule has 0 heterocycles. The van der Waals surface area contributed by atoms with Gasteiger partial charge < -0.3 is 15.7 Å². The summed E-state index contributed by atoms with van der Waals surface area (Å²) in [6.07, 6.45) is -0.210. The zero-order valence-electron chi connectivity index (χ0n) is 13.1. The molecule has 21 heavy (non-hydrogen) atoms. The molecule has 3 N–H and O–H groups in total. The predicted molar refractivity (Wildman–Crippen MR) is 88.5 cm³/mol. The van der Waals surface area contributed by atoms with Crippen molar-refractivity contribution < 1.29 is 9.90 Å². The fourth-order valence-corrected chi connectivity index (χ4v) is 2.02. The summed E-state index contributed by atoms with van der Waals surface area (Å²) in [6, 6.07) is 7.74. The van der Waals surface area contributed by atoms with Crippen LogP contribution in [0, 0.1) is 12.8 Å². The maximum Gasteiger partial charge on any atom is 0.222 e. The first-order valence-corrected chi connectivity index (χ1v) is 7.20. The van der Waals surface area contributed by atoms with Crippen LogP contribution in [-0.4, -0.2) is 35.5 Å². The maximum absolute atomic E-state index is 12.1. The summed E-state index contributed by atoms with van der Waals surface area (Å²) in [5, 5.41) is 10.2. The third kappa shape index (κ3) is 6.46. The molecule has 0 aliphatic rings. The van der Waals surface area contributed by atoms with E-state index < -0.39 is 6.10 Å². The molecule has 1 rings (SSSR count). The molecule has 0 fully saturated rings. The van der Waals surface area contributed by atoms with Gasteiger partial charge in [0, 0.05) is 13.0 Å². The van der Waals surface area contributed by atoms with E-state index in [-0.39, 0.29) is 24.2 Å². The Bertz CT molecular complexity index is 423. The van der Waals surface area contributed by atoms with Gasteiger partial charge in [0.2, 0.25) is 5.91 Å². The smallest absolute Gasteiger partial charge is 0.222 e. The number of aliphatic hydroxyl groups is 1. The fraction of sp³-hybridized carbons (Fsp3) is 0.562. The van der Waals surface area contributed by atoms with E-state index in [1.165, 1.54) is 0 Å². The lowest BCUT2D eigenvalue weighted by atomic mass is 10.1. The van der Waals surface area contributed by atoms with E-state index in [4.69, 9.17) is 5.73 Å². The van der Waals surface area contributed by atoms with Gasteiger partial charge in [-0.3, -0.25) is 4.79 Å². The maximum atomic E-state index is 12.1. The first-order chi connectivity index (χ1) is 9.47. The molecule has 5 heteroatoms. The molecule has 0 radical (unpaired) electrons.